The van der Waals surface area contributed by atoms with Crippen LogP contribution < -0.4 is 15.1 Å². The number of nitrogens with one attached hydrogen (secondary N) is 1. The molecule has 1 saturated carbocycles. The highest BCUT2D eigenvalue weighted by Gasteiger charge is 2.30. The van der Waals surface area contributed by atoms with Crippen LogP contribution in [0, 0.1) is 0 Å². The first kappa shape index (κ1) is 28.1. The Kier molecular flexibility index (Phi) is 7.76. The van der Waals surface area contributed by atoms with Gasteiger partial charge in [0.25, 0.3) is 11.9 Å². The number of likely N-dealkylation sites (tertiary alicyclic amines) is 1. The van der Waals surface area contributed by atoms with Gasteiger partial charge >= 0.3 is 0 Å². The van der Waals surface area contributed by atoms with E-state index in [9.17, 15) is 14.4 Å². The Labute approximate surface area is 255 Å². The number of anilines is 3. The van der Waals surface area contributed by atoms with Gasteiger partial charge in [0, 0.05) is 63.6 Å². The predicted molar refractivity (Wildman–Crippen MR) is 165 cm³/mol. The highest BCUT2D eigenvalue weighted by molar-refractivity contribution is 6.06. The van der Waals surface area contributed by atoms with Crippen molar-refractivity contribution in [1.82, 2.24) is 14.9 Å². The van der Waals surface area contributed by atoms with E-state index in [4.69, 9.17) is 8.83 Å². The van der Waals surface area contributed by atoms with Crippen molar-refractivity contribution in [3.63, 3.8) is 0 Å². The molecular weight excluding hydrogens is 560 g/mol. The van der Waals surface area contributed by atoms with Crippen LogP contribution in [0.3, 0.4) is 0 Å². The Balaban J connectivity index is 1.05. The minimum absolute atomic E-state index is 0.0121. The molecule has 0 spiro atoms. The summed E-state index contributed by atoms with van der Waals surface area (Å²) in [5.74, 6) is 0.753. The first-order valence-corrected chi connectivity index (χ1v) is 15.6. The van der Waals surface area contributed by atoms with Gasteiger partial charge in [-0.05, 0) is 62.4 Å². The molecule has 4 heterocycles. The summed E-state index contributed by atoms with van der Waals surface area (Å²) in [4.78, 5) is 53.6. The number of oxazole rings is 2. The Bertz CT molecular complexity index is 1650. The largest absolute Gasteiger partial charge is 0.448 e. The summed E-state index contributed by atoms with van der Waals surface area (Å²) >= 11 is 0. The molecule has 0 radical (unpaired) electrons. The van der Waals surface area contributed by atoms with E-state index in [2.05, 4.69) is 25.1 Å². The molecule has 11 heteroatoms. The lowest BCUT2D eigenvalue weighted by Gasteiger charge is -2.36. The lowest BCUT2D eigenvalue weighted by molar-refractivity contribution is -0.127. The number of aromatic nitrogens is 2. The SMILES string of the molecule is O=C(CCCCN1CCCC1=O)c1ccc(N2CCN(c3nc4ccccc4o3)CC2)c(NC(=O)c2coc(C3CC3)n2)c1. The number of rotatable bonds is 11. The topological polar surface area (TPSA) is 125 Å². The van der Waals surface area contributed by atoms with E-state index in [0.29, 0.717) is 81.1 Å². The van der Waals surface area contributed by atoms with Crippen molar-refractivity contribution >= 4 is 46.1 Å². The highest BCUT2D eigenvalue weighted by Crippen LogP contribution is 2.39. The number of para-hydroxylation sites is 2. The number of amides is 2. The van der Waals surface area contributed by atoms with Crippen LogP contribution >= 0.6 is 0 Å². The smallest absolute Gasteiger partial charge is 0.298 e. The minimum atomic E-state index is -0.369. The third-order valence-corrected chi connectivity index (χ3v) is 8.67. The van der Waals surface area contributed by atoms with E-state index in [-0.39, 0.29) is 23.3 Å². The van der Waals surface area contributed by atoms with Gasteiger partial charge in [0.2, 0.25) is 5.91 Å². The molecule has 11 nitrogen and oxygen atoms in total. The molecule has 2 aromatic heterocycles. The average Bonchev–Trinajstić information content (AvgIpc) is 3.41. The van der Waals surface area contributed by atoms with Gasteiger partial charge in [0.05, 0.1) is 11.4 Å². The maximum Gasteiger partial charge on any atom is 0.298 e. The van der Waals surface area contributed by atoms with E-state index < -0.39 is 0 Å². The van der Waals surface area contributed by atoms with Gasteiger partial charge in [0.1, 0.15) is 11.8 Å². The molecule has 2 aliphatic heterocycles. The zero-order chi connectivity index (χ0) is 30.0. The molecule has 44 heavy (non-hydrogen) atoms. The molecule has 3 fully saturated rings. The molecule has 4 aromatic rings. The van der Waals surface area contributed by atoms with E-state index >= 15 is 0 Å². The second kappa shape index (κ2) is 12.1. The van der Waals surface area contributed by atoms with Crippen molar-refractivity contribution in [1.29, 1.82) is 0 Å². The van der Waals surface area contributed by atoms with Crippen LogP contribution in [0.1, 0.15) is 77.6 Å². The minimum Gasteiger partial charge on any atom is -0.448 e. The number of unbranched alkanes of at least 4 members (excludes halogenated alkanes) is 1. The standard InChI is InChI=1S/C33H36N6O5/c40-28(7-3-4-14-38-15-5-9-30(38)41)23-12-13-27(25(20-23)34-31(42)26-21-43-32(35-26)22-10-11-22)37-16-18-39(19-17-37)33-36-24-6-1-2-8-29(24)44-33/h1-2,6,8,12-13,20-22H,3-5,7,9-11,14-19H2,(H,34,42). The Morgan fingerprint density at radius 3 is 2.55 bits per heavy atom. The molecule has 2 amide bonds. The Morgan fingerprint density at radius 1 is 0.955 bits per heavy atom. The number of fused-ring (bicyclic) bond motifs is 1. The first-order valence-electron chi connectivity index (χ1n) is 15.6. The van der Waals surface area contributed by atoms with E-state index in [0.717, 1.165) is 49.0 Å². The molecule has 2 saturated heterocycles. The normalized spacial score (nSPS) is 17.1. The van der Waals surface area contributed by atoms with Gasteiger partial charge in [-0.15, -0.1) is 0 Å². The number of benzene rings is 2. The molecular formula is C33H36N6O5. The van der Waals surface area contributed by atoms with Crippen LogP contribution in [-0.4, -0.2) is 71.7 Å². The number of hydrogen-bond donors (Lipinski definition) is 1. The Hall–Kier alpha value is -4.67. The van der Waals surface area contributed by atoms with Gasteiger partial charge < -0.3 is 28.9 Å². The zero-order valence-electron chi connectivity index (χ0n) is 24.7. The van der Waals surface area contributed by atoms with Crippen molar-refractivity contribution in [2.75, 3.05) is 54.4 Å². The van der Waals surface area contributed by atoms with E-state index in [1.165, 1.54) is 6.26 Å². The highest BCUT2D eigenvalue weighted by atomic mass is 16.4. The van der Waals surface area contributed by atoms with Gasteiger partial charge in [-0.1, -0.05) is 12.1 Å². The lowest BCUT2D eigenvalue weighted by atomic mass is 10.0. The quantitative estimate of drug-likeness (QED) is 0.183. The second-order valence-corrected chi connectivity index (χ2v) is 11.8. The number of nitrogens with zero attached hydrogens (tertiary/aromatic N) is 5. The summed E-state index contributed by atoms with van der Waals surface area (Å²) in [6, 6.07) is 13.9. The molecule has 7 rings (SSSR count). The van der Waals surface area contributed by atoms with Crippen molar-refractivity contribution in [2.45, 2.75) is 50.9 Å². The number of hydrogen-bond acceptors (Lipinski definition) is 9. The molecule has 3 aliphatic rings. The van der Waals surface area contributed by atoms with Crippen LogP contribution in [0.25, 0.3) is 11.1 Å². The lowest BCUT2D eigenvalue weighted by Crippen LogP contribution is -2.47. The number of ketones is 1. The molecule has 0 unspecified atom stereocenters. The van der Waals surface area contributed by atoms with Crippen molar-refractivity contribution in [3.8, 4) is 0 Å². The fourth-order valence-electron chi connectivity index (χ4n) is 5.99. The molecule has 1 N–H and O–H groups in total. The molecule has 0 atom stereocenters. The third kappa shape index (κ3) is 6.04. The molecule has 2 aromatic carbocycles. The summed E-state index contributed by atoms with van der Waals surface area (Å²) in [6.07, 6.45) is 6.88. The van der Waals surface area contributed by atoms with Crippen LogP contribution in [0.5, 0.6) is 0 Å². The van der Waals surface area contributed by atoms with Crippen LogP contribution in [-0.2, 0) is 4.79 Å². The summed E-state index contributed by atoms with van der Waals surface area (Å²) in [7, 11) is 0. The van der Waals surface area contributed by atoms with Crippen molar-refractivity contribution in [3.05, 3.63) is 65.9 Å². The molecule has 1 aliphatic carbocycles. The predicted octanol–water partition coefficient (Wildman–Crippen LogP) is 5.25. The summed E-state index contributed by atoms with van der Waals surface area (Å²) in [6.45, 7) is 4.25. The number of carbonyl (C=O) groups is 3. The number of Topliss-reactive ketones (excluding diaryl/α,β-unsaturated/α-hetero) is 1. The monoisotopic (exact) mass is 596 g/mol. The molecule has 0 bridgehead atoms. The van der Waals surface area contributed by atoms with E-state index in [1.807, 2.05) is 41.3 Å². The zero-order valence-corrected chi connectivity index (χ0v) is 24.7. The van der Waals surface area contributed by atoms with Crippen LogP contribution in [0.15, 0.2) is 57.6 Å². The van der Waals surface area contributed by atoms with Crippen molar-refractivity contribution < 1.29 is 23.2 Å². The fourth-order valence-corrected chi connectivity index (χ4v) is 5.99. The van der Waals surface area contributed by atoms with Gasteiger partial charge in [-0.25, -0.2) is 4.98 Å². The van der Waals surface area contributed by atoms with Crippen molar-refractivity contribution in [2.24, 2.45) is 0 Å². The maximum absolute atomic E-state index is 13.3. The third-order valence-electron chi connectivity index (χ3n) is 8.67. The van der Waals surface area contributed by atoms with Gasteiger partial charge in [0.15, 0.2) is 23.0 Å². The average molecular weight is 597 g/mol. The first-order chi connectivity index (χ1) is 21.5. The van der Waals surface area contributed by atoms with Gasteiger partial charge in [-0.2, -0.15) is 4.98 Å². The number of carbonyl (C=O) groups excluding carboxylic acids is 3. The van der Waals surface area contributed by atoms with E-state index in [1.54, 1.807) is 6.07 Å². The summed E-state index contributed by atoms with van der Waals surface area (Å²) in [5.41, 5.74) is 3.77. The fraction of sp³-hybridized carbons (Fsp3) is 0.424. The Morgan fingerprint density at radius 2 is 1.77 bits per heavy atom. The van der Waals surface area contributed by atoms with Gasteiger partial charge in [-0.3, -0.25) is 14.4 Å². The maximum atomic E-state index is 13.3. The summed E-state index contributed by atoms with van der Waals surface area (Å²) < 4.78 is 11.5. The summed E-state index contributed by atoms with van der Waals surface area (Å²) in [5, 5.41) is 3.02. The molecule has 228 valence electrons. The van der Waals surface area contributed by atoms with Crippen LogP contribution in [0.2, 0.25) is 0 Å². The van der Waals surface area contributed by atoms with Crippen LogP contribution in [0.4, 0.5) is 17.4 Å². The second-order valence-electron chi connectivity index (χ2n) is 11.8. The number of piperazine rings is 1.